The van der Waals surface area contributed by atoms with Gasteiger partial charge in [-0.15, -0.1) is 0 Å². The molecule has 88 valence electrons. The second-order valence-corrected chi connectivity index (χ2v) is 4.90. The van der Waals surface area contributed by atoms with Crippen molar-refractivity contribution in [3.05, 3.63) is 0 Å². The van der Waals surface area contributed by atoms with Crippen LogP contribution in [0.2, 0.25) is 0 Å². The third kappa shape index (κ3) is 4.65. The summed E-state index contributed by atoms with van der Waals surface area (Å²) in [6.45, 7) is 6.92. The molecule has 0 heterocycles. The van der Waals surface area contributed by atoms with Crippen molar-refractivity contribution < 1.29 is 4.79 Å². The van der Waals surface area contributed by atoms with Gasteiger partial charge in [-0.1, -0.05) is 26.7 Å². The lowest BCUT2D eigenvalue weighted by Crippen LogP contribution is -2.35. The predicted molar refractivity (Wildman–Crippen MR) is 62.7 cm³/mol. The Morgan fingerprint density at radius 1 is 1.33 bits per heavy atom. The summed E-state index contributed by atoms with van der Waals surface area (Å²) in [7, 11) is 0. The summed E-state index contributed by atoms with van der Waals surface area (Å²) >= 11 is 0. The van der Waals surface area contributed by atoms with Gasteiger partial charge in [0.15, 0.2) is 0 Å². The molecular weight excluding hydrogens is 188 g/mol. The van der Waals surface area contributed by atoms with Gasteiger partial charge in [-0.25, -0.2) is 0 Å². The van der Waals surface area contributed by atoms with Crippen LogP contribution in [0.1, 0.15) is 46.0 Å². The van der Waals surface area contributed by atoms with Crippen molar-refractivity contribution in [2.45, 2.75) is 46.0 Å². The molecule has 1 saturated carbocycles. The first-order chi connectivity index (χ1) is 7.16. The monoisotopic (exact) mass is 212 g/mol. The molecule has 0 aliphatic heterocycles. The molecule has 1 amide bonds. The van der Waals surface area contributed by atoms with Crippen molar-refractivity contribution in [1.82, 2.24) is 10.6 Å². The Bertz CT molecular complexity index is 198. The summed E-state index contributed by atoms with van der Waals surface area (Å²) in [4.78, 5) is 11.5. The molecular formula is C12H24N2O. The smallest absolute Gasteiger partial charge is 0.221 e. The SMILES string of the molecule is CCNCCC(=O)NCC1(C)CCCC1. The molecule has 0 radical (unpaired) electrons. The fraction of sp³-hybridized carbons (Fsp3) is 0.917. The Kier molecular flexibility index (Phi) is 5.09. The highest BCUT2D eigenvalue weighted by Crippen LogP contribution is 2.36. The van der Waals surface area contributed by atoms with Crippen LogP contribution in [0, 0.1) is 5.41 Å². The number of hydrogen-bond donors (Lipinski definition) is 2. The minimum atomic E-state index is 0.184. The number of hydrogen-bond acceptors (Lipinski definition) is 2. The minimum Gasteiger partial charge on any atom is -0.356 e. The summed E-state index contributed by atoms with van der Waals surface area (Å²) in [5, 5.41) is 6.20. The Balaban J connectivity index is 2.10. The van der Waals surface area contributed by atoms with Crippen LogP contribution in [-0.2, 0) is 4.79 Å². The van der Waals surface area contributed by atoms with E-state index in [0.29, 0.717) is 11.8 Å². The number of rotatable bonds is 6. The second-order valence-electron chi connectivity index (χ2n) is 4.90. The van der Waals surface area contributed by atoms with Gasteiger partial charge in [0.1, 0.15) is 0 Å². The predicted octanol–water partition coefficient (Wildman–Crippen LogP) is 1.68. The molecule has 3 heteroatoms. The lowest BCUT2D eigenvalue weighted by atomic mass is 9.89. The molecule has 1 aliphatic rings. The van der Waals surface area contributed by atoms with E-state index in [1.165, 1.54) is 25.7 Å². The van der Waals surface area contributed by atoms with Crippen LogP contribution in [-0.4, -0.2) is 25.5 Å². The van der Waals surface area contributed by atoms with Crippen LogP contribution in [0.4, 0.5) is 0 Å². The van der Waals surface area contributed by atoms with Gasteiger partial charge in [0.05, 0.1) is 0 Å². The van der Waals surface area contributed by atoms with E-state index in [-0.39, 0.29) is 5.91 Å². The molecule has 1 aliphatic carbocycles. The third-order valence-electron chi connectivity index (χ3n) is 3.30. The first-order valence-corrected chi connectivity index (χ1v) is 6.14. The lowest BCUT2D eigenvalue weighted by molar-refractivity contribution is -0.121. The highest BCUT2D eigenvalue weighted by molar-refractivity contribution is 5.76. The Hall–Kier alpha value is -0.570. The van der Waals surface area contributed by atoms with Gasteiger partial charge in [0.25, 0.3) is 0 Å². The molecule has 0 aromatic rings. The van der Waals surface area contributed by atoms with Gasteiger partial charge in [-0.3, -0.25) is 4.79 Å². The van der Waals surface area contributed by atoms with E-state index < -0.39 is 0 Å². The van der Waals surface area contributed by atoms with E-state index >= 15 is 0 Å². The van der Waals surface area contributed by atoms with Crippen molar-refractivity contribution in [1.29, 1.82) is 0 Å². The minimum absolute atomic E-state index is 0.184. The average molecular weight is 212 g/mol. The van der Waals surface area contributed by atoms with Gasteiger partial charge in [-0.05, 0) is 24.8 Å². The van der Waals surface area contributed by atoms with E-state index in [0.717, 1.165) is 19.6 Å². The van der Waals surface area contributed by atoms with Crippen LogP contribution >= 0.6 is 0 Å². The number of carbonyl (C=O) groups is 1. The van der Waals surface area contributed by atoms with Crippen molar-refractivity contribution in [2.75, 3.05) is 19.6 Å². The molecule has 0 atom stereocenters. The average Bonchev–Trinajstić information content (AvgIpc) is 2.64. The van der Waals surface area contributed by atoms with E-state index in [1.807, 2.05) is 0 Å². The van der Waals surface area contributed by atoms with Crippen LogP contribution in [0.5, 0.6) is 0 Å². The number of nitrogens with one attached hydrogen (secondary N) is 2. The topological polar surface area (TPSA) is 41.1 Å². The van der Waals surface area contributed by atoms with E-state index in [4.69, 9.17) is 0 Å². The molecule has 0 aromatic heterocycles. The van der Waals surface area contributed by atoms with Crippen LogP contribution < -0.4 is 10.6 Å². The fourth-order valence-corrected chi connectivity index (χ4v) is 2.18. The Labute approximate surface area is 93.0 Å². The molecule has 0 saturated heterocycles. The highest BCUT2D eigenvalue weighted by atomic mass is 16.1. The number of amides is 1. The number of carbonyl (C=O) groups excluding carboxylic acids is 1. The van der Waals surface area contributed by atoms with Crippen LogP contribution in [0.25, 0.3) is 0 Å². The van der Waals surface area contributed by atoms with Crippen molar-refractivity contribution in [2.24, 2.45) is 5.41 Å². The fourth-order valence-electron chi connectivity index (χ4n) is 2.18. The highest BCUT2D eigenvalue weighted by Gasteiger charge is 2.28. The zero-order chi connectivity index (χ0) is 11.1. The lowest BCUT2D eigenvalue weighted by Gasteiger charge is -2.23. The molecule has 3 nitrogen and oxygen atoms in total. The van der Waals surface area contributed by atoms with Crippen LogP contribution in [0.15, 0.2) is 0 Å². The molecule has 15 heavy (non-hydrogen) atoms. The Morgan fingerprint density at radius 3 is 2.60 bits per heavy atom. The largest absolute Gasteiger partial charge is 0.356 e. The van der Waals surface area contributed by atoms with Gasteiger partial charge in [0.2, 0.25) is 5.91 Å². The summed E-state index contributed by atoms with van der Waals surface area (Å²) in [5.41, 5.74) is 0.369. The molecule has 0 spiro atoms. The first kappa shape index (κ1) is 12.5. The molecule has 1 rings (SSSR count). The standard InChI is InChI=1S/C12H24N2O/c1-3-13-9-6-11(15)14-10-12(2)7-4-5-8-12/h13H,3-10H2,1-2H3,(H,14,15). The van der Waals surface area contributed by atoms with E-state index in [2.05, 4.69) is 24.5 Å². The van der Waals surface area contributed by atoms with Gasteiger partial charge in [0, 0.05) is 19.5 Å². The summed E-state index contributed by atoms with van der Waals surface area (Å²) < 4.78 is 0. The molecule has 2 N–H and O–H groups in total. The first-order valence-electron chi connectivity index (χ1n) is 6.14. The molecule has 0 aromatic carbocycles. The summed E-state index contributed by atoms with van der Waals surface area (Å²) in [6, 6.07) is 0. The quantitative estimate of drug-likeness (QED) is 0.658. The maximum absolute atomic E-state index is 11.5. The van der Waals surface area contributed by atoms with Gasteiger partial charge < -0.3 is 10.6 Å². The third-order valence-corrected chi connectivity index (χ3v) is 3.30. The zero-order valence-electron chi connectivity index (χ0n) is 10.1. The van der Waals surface area contributed by atoms with Crippen molar-refractivity contribution in [3.63, 3.8) is 0 Å². The van der Waals surface area contributed by atoms with Crippen molar-refractivity contribution in [3.8, 4) is 0 Å². The second kappa shape index (κ2) is 6.11. The molecule has 0 bridgehead atoms. The maximum Gasteiger partial charge on any atom is 0.221 e. The zero-order valence-corrected chi connectivity index (χ0v) is 10.1. The molecule has 1 fully saturated rings. The van der Waals surface area contributed by atoms with Crippen molar-refractivity contribution >= 4 is 5.91 Å². The maximum atomic E-state index is 11.5. The Morgan fingerprint density at radius 2 is 2.00 bits per heavy atom. The van der Waals surface area contributed by atoms with Gasteiger partial charge in [-0.2, -0.15) is 0 Å². The molecule has 0 unspecified atom stereocenters. The summed E-state index contributed by atoms with van der Waals surface area (Å²) in [6.07, 6.45) is 5.78. The van der Waals surface area contributed by atoms with E-state index in [9.17, 15) is 4.79 Å². The van der Waals surface area contributed by atoms with E-state index in [1.54, 1.807) is 0 Å². The normalized spacial score (nSPS) is 19.1. The summed E-state index contributed by atoms with van der Waals surface area (Å²) in [5.74, 6) is 0.184. The van der Waals surface area contributed by atoms with Gasteiger partial charge >= 0.3 is 0 Å². The van der Waals surface area contributed by atoms with Crippen LogP contribution in [0.3, 0.4) is 0 Å².